The van der Waals surface area contributed by atoms with E-state index in [-0.39, 0.29) is 11.0 Å². The normalized spacial score (nSPS) is 15.2. The van der Waals surface area contributed by atoms with Crippen LogP contribution in [0.25, 0.3) is 0 Å². The highest BCUT2D eigenvalue weighted by atomic mass is 79.9. The summed E-state index contributed by atoms with van der Waals surface area (Å²) in [6, 6.07) is 1.48. The van der Waals surface area contributed by atoms with E-state index in [0.29, 0.717) is 10.0 Å². The number of alkyl halides is 1. The molecule has 1 aromatic rings. The summed E-state index contributed by atoms with van der Waals surface area (Å²) in [4.78, 5) is 3.80. The lowest BCUT2D eigenvalue weighted by Crippen LogP contribution is -2.20. The predicted octanol–water partition coefficient (Wildman–Crippen LogP) is 2.13. The molecule has 0 bridgehead atoms. The lowest BCUT2D eigenvalue weighted by atomic mass is 10.1. The Morgan fingerprint density at radius 3 is 2.71 bits per heavy atom. The maximum atomic E-state index is 9.64. The molecule has 6 heteroatoms. The third kappa shape index (κ3) is 2.81. The third-order valence-corrected chi connectivity index (χ3v) is 2.88. The van der Waals surface area contributed by atoms with E-state index in [0.717, 1.165) is 0 Å². The van der Waals surface area contributed by atoms with Gasteiger partial charge in [0.25, 0.3) is 0 Å². The van der Waals surface area contributed by atoms with Gasteiger partial charge in [-0.05, 0) is 22.0 Å². The number of aliphatic hydroxyl groups is 2. The molecular formula is C8H8BrCl2NO2. The van der Waals surface area contributed by atoms with Gasteiger partial charge in [0, 0.05) is 16.2 Å². The number of halogens is 3. The van der Waals surface area contributed by atoms with Gasteiger partial charge in [-0.25, -0.2) is 4.98 Å². The van der Waals surface area contributed by atoms with Crippen molar-refractivity contribution >= 4 is 39.1 Å². The first-order valence-electron chi connectivity index (χ1n) is 3.79. The summed E-state index contributed by atoms with van der Waals surface area (Å²) >= 11 is 14.3. The van der Waals surface area contributed by atoms with Crippen LogP contribution in [0.3, 0.4) is 0 Å². The van der Waals surface area contributed by atoms with Gasteiger partial charge in [-0.1, -0.05) is 11.6 Å². The van der Waals surface area contributed by atoms with Crippen LogP contribution in [0.1, 0.15) is 11.7 Å². The van der Waals surface area contributed by atoms with E-state index < -0.39 is 12.2 Å². The van der Waals surface area contributed by atoms with Crippen molar-refractivity contribution in [2.45, 2.75) is 12.2 Å². The van der Waals surface area contributed by atoms with E-state index in [1.807, 2.05) is 0 Å². The molecule has 0 aliphatic heterocycles. The van der Waals surface area contributed by atoms with E-state index in [1.165, 1.54) is 12.3 Å². The van der Waals surface area contributed by atoms with Gasteiger partial charge in [0.1, 0.15) is 11.3 Å². The summed E-state index contributed by atoms with van der Waals surface area (Å²) in [7, 11) is 0. The highest BCUT2D eigenvalue weighted by Crippen LogP contribution is 2.27. The van der Waals surface area contributed by atoms with Crippen LogP contribution in [0.15, 0.2) is 16.7 Å². The lowest BCUT2D eigenvalue weighted by Gasteiger charge is -2.16. The highest BCUT2D eigenvalue weighted by molar-refractivity contribution is 9.10. The summed E-state index contributed by atoms with van der Waals surface area (Å²) in [5, 5.41) is 19.2. The molecule has 0 saturated carbocycles. The zero-order valence-electron chi connectivity index (χ0n) is 6.99. The monoisotopic (exact) mass is 299 g/mol. The molecule has 0 spiro atoms. The van der Waals surface area contributed by atoms with Crippen molar-refractivity contribution in [1.29, 1.82) is 0 Å². The Hall–Kier alpha value is 0.130. The predicted molar refractivity (Wildman–Crippen MR) is 58.6 cm³/mol. The minimum absolute atomic E-state index is 0.0481. The van der Waals surface area contributed by atoms with Crippen LogP contribution in [-0.4, -0.2) is 27.2 Å². The van der Waals surface area contributed by atoms with Crippen molar-refractivity contribution in [3.05, 3.63) is 27.5 Å². The Labute approximate surface area is 99.8 Å². The van der Waals surface area contributed by atoms with Crippen LogP contribution in [0.2, 0.25) is 5.15 Å². The smallest absolute Gasteiger partial charge is 0.129 e. The summed E-state index contributed by atoms with van der Waals surface area (Å²) in [6.07, 6.45) is -0.629. The first-order valence-corrected chi connectivity index (χ1v) is 5.50. The number of hydrogen-bond donors (Lipinski definition) is 2. The molecule has 78 valence electrons. The number of aliphatic hydroxyl groups excluding tert-OH is 2. The average molecular weight is 301 g/mol. The Morgan fingerprint density at radius 2 is 2.14 bits per heavy atom. The minimum atomic E-state index is -1.07. The van der Waals surface area contributed by atoms with Crippen molar-refractivity contribution in [3.8, 4) is 0 Å². The van der Waals surface area contributed by atoms with Crippen molar-refractivity contribution in [3.63, 3.8) is 0 Å². The standard InChI is InChI=1S/C8H8BrCl2NO2/c9-5-3-12-7(11)1-4(5)8(14)6(13)2-10/h1,3,6,8,13-14H,2H2. The molecule has 0 radical (unpaired) electrons. The van der Waals surface area contributed by atoms with E-state index >= 15 is 0 Å². The Kier molecular flexibility index (Phi) is 4.60. The molecule has 0 aromatic carbocycles. The van der Waals surface area contributed by atoms with Crippen molar-refractivity contribution < 1.29 is 10.2 Å². The van der Waals surface area contributed by atoms with Gasteiger partial charge in [0.15, 0.2) is 0 Å². The number of aromatic nitrogens is 1. The van der Waals surface area contributed by atoms with Gasteiger partial charge < -0.3 is 10.2 Å². The number of nitrogens with zero attached hydrogens (tertiary/aromatic N) is 1. The molecule has 1 aromatic heterocycles. The molecule has 0 saturated heterocycles. The summed E-state index contributed by atoms with van der Waals surface area (Å²) in [5.74, 6) is -0.0481. The highest BCUT2D eigenvalue weighted by Gasteiger charge is 2.20. The Balaban J connectivity index is 2.99. The molecule has 0 amide bonds. The molecule has 14 heavy (non-hydrogen) atoms. The van der Waals surface area contributed by atoms with Crippen LogP contribution in [0, 0.1) is 0 Å². The molecule has 2 N–H and O–H groups in total. The minimum Gasteiger partial charge on any atom is -0.389 e. The fraction of sp³-hybridized carbons (Fsp3) is 0.375. The second-order valence-electron chi connectivity index (χ2n) is 2.70. The SMILES string of the molecule is OC(CCl)C(O)c1cc(Cl)ncc1Br. The van der Waals surface area contributed by atoms with Gasteiger partial charge in [0.05, 0.1) is 12.0 Å². The molecule has 0 fully saturated rings. The fourth-order valence-electron chi connectivity index (χ4n) is 0.946. The lowest BCUT2D eigenvalue weighted by molar-refractivity contribution is 0.0322. The molecule has 1 rings (SSSR count). The quantitative estimate of drug-likeness (QED) is 0.664. The zero-order chi connectivity index (χ0) is 10.7. The maximum Gasteiger partial charge on any atom is 0.129 e. The number of rotatable bonds is 3. The largest absolute Gasteiger partial charge is 0.389 e. The molecule has 0 aliphatic rings. The van der Waals surface area contributed by atoms with Gasteiger partial charge in [0.2, 0.25) is 0 Å². The summed E-state index contributed by atoms with van der Waals surface area (Å²) in [5.41, 5.74) is 0.471. The van der Waals surface area contributed by atoms with Crippen LogP contribution < -0.4 is 0 Å². The van der Waals surface area contributed by atoms with Gasteiger partial charge in [-0.15, -0.1) is 11.6 Å². The fourth-order valence-corrected chi connectivity index (χ4v) is 1.73. The van der Waals surface area contributed by atoms with Crippen molar-refractivity contribution in [2.24, 2.45) is 0 Å². The van der Waals surface area contributed by atoms with Gasteiger partial charge >= 0.3 is 0 Å². The maximum absolute atomic E-state index is 9.64. The van der Waals surface area contributed by atoms with Crippen LogP contribution >= 0.6 is 39.1 Å². The van der Waals surface area contributed by atoms with E-state index in [1.54, 1.807) is 0 Å². The van der Waals surface area contributed by atoms with Crippen LogP contribution in [0.4, 0.5) is 0 Å². The summed E-state index contributed by atoms with van der Waals surface area (Å²) < 4.78 is 0.582. The van der Waals surface area contributed by atoms with Crippen LogP contribution in [-0.2, 0) is 0 Å². The third-order valence-electron chi connectivity index (χ3n) is 1.69. The van der Waals surface area contributed by atoms with E-state index in [9.17, 15) is 10.2 Å². The average Bonchev–Trinajstić information content (AvgIpc) is 2.19. The van der Waals surface area contributed by atoms with Gasteiger partial charge in [-0.3, -0.25) is 0 Å². The first-order chi connectivity index (χ1) is 6.56. The van der Waals surface area contributed by atoms with Crippen molar-refractivity contribution in [1.82, 2.24) is 4.98 Å². The zero-order valence-corrected chi connectivity index (χ0v) is 10.1. The number of pyridine rings is 1. The van der Waals surface area contributed by atoms with Gasteiger partial charge in [-0.2, -0.15) is 0 Å². The molecule has 2 unspecified atom stereocenters. The summed E-state index contributed by atoms with van der Waals surface area (Å²) in [6.45, 7) is 0. The molecule has 1 heterocycles. The number of hydrogen-bond acceptors (Lipinski definition) is 3. The van der Waals surface area contributed by atoms with Crippen LogP contribution in [0.5, 0.6) is 0 Å². The second kappa shape index (κ2) is 5.28. The first kappa shape index (κ1) is 12.2. The van der Waals surface area contributed by atoms with E-state index in [4.69, 9.17) is 23.2 Å². The molecule has 0 aliphatic carbocycles. The Bertz CT molecular complexity index is 324. The topological polar surface area (TPSA) is 53.4 Å². The van der Waals surface area contributed by atoms with E-state index in [2.05, 4.69) is 20.9 Å². The van der Waals surface area contributed by atoms with Crippen molar-refractivity contribution in [2.75, 3.05) is 5.88 Å². The molecule has 3 nitrogen and oxygen atoms in total. The molecular weight excluding hydrogens is 293 g/mol. The second-order valence-corrected chi connectivity index (χ2v) is 4.25. The molecule has 2 atom stereocenters. The Morgan fingerprint density at radius 1 is 1.50 bits per heavy atom.